The van der Waals surface area contributed by atoms with Crippen LogP contribution in [0.3, 0.4) is 0 Å². The Kier molecular flexibility index (Phi) is 6.37. The summed E-state index contributed by atoms with van der Waals surface area (Å²) in [6.07, 6.45) is 0. The molecule has 0 unspecified atom stereocenters. The standard InChI is InChI=1S/C21H16ClN3O2S/c22-16-11-9-14(10-12-16)19(26)25-21(28)24-18-8-4-5-15(13-18)20(27)23-17-6-2-1-3-7-17/h1-13H,(H,23,27)(H2,24,25,26,28). The van der Waals surface area contributed by atoms with Gasteiger partial charge in [0.1, 0.15) is 0 Å². The smallest absolute Gasteiger partial charge is 0.257 e. The molecule has 0 aliphatic heterocycles. The minimum atomic E-state index is -0.354. The minimum Gasteiger partial charge on any atom is -0.332 e. The summed E-state index contributed by atoms with van der Waals surface area (Å²) in [6.45, 7) is 0. The predicted molar refractivity (Wildman–Crippen MR) is 116 cm³/mol. The van der Waals surface area contributed by atoms with E-state index in [2.05, 4.69) is 16.0 Å². The van der Waals surface area contributed by atoms with E-state index < -0.39 is 0 Å². The fourth-order valence-corrected chi connectivity index (χ4v) is 2.74. The zero-order valence-corrected chi connectivity index (χ0v) is 16.2. The Balaban J connectivity index is 1.62. The van der Waals surface area contributed by atoms with Gasteiger partial charge in [-0.2, -0.15) is 0 Å². The molecular weight excluding hydrogens is 394 g/mol. The lowest BCUT2D eigenvalue weighted by atomic mass is 10.2. The number of anilines is 2. The maximum absolute atomic E-state index is 12.4. The summed E-state index contributed by atoms with van der Waals surface area (Å²) < 4.78 is 0. The van der Waals surface area contributed by atoms with Crippen molar-refractivity contribution in [3.63, 3.8) is 0 Å². The number of hydrogen-bond donors (Lipinski definition) is 3. The molecule has 0 saturated carbocycles. The van der Waals surface area contributed by atoms with Crippen molar-refractivity contribution in [3.8, 4) is 0 Å². The van der Waals surface area contributed by atoms with Crippen molar-refractivity contribution in [2.75, 3.05) is 10.6 Å². The molecule has 3 aromatic rings. The van der Waals surface area contributed by atoms with Gasteiger partial charge in [-0.05, 0) is 66.8 Å². The van der Waals surface area contributed by atoms with Crippen LogP contribution in [-0.2, 0) is 0 Å². The van der Waals surface area contributed by atoms with Crippen molar-refractivity contribution in [3.05, 3.63) is 95.0 Å². The average molecular weight is 410 g/mol. The highest BCUT2D eigenvalue weighted by Gasteiger charge is 2.10. The largest absolute Gasteiger partial charge is 0.332 e. The molecule has 2 amide bonds. The van der Waals surface area contributed by atoms with Gasteiger partial charge < -0.3 is 10.6 Å². The van der Waals surface area contributed by atoms with Crippen LogP contribution >= 0.6 is 23.8 Å². The molecule has 3 rings (SSSR count). The molecule has 3 aromatic carbocycles. The fraction of sp³-hybridized carbons (Fsp3) is 0. The monoisotopic (exact) mass is 409 g/mol. The number of halogens is 1. The van der Waals surface area contributed by atoms with Gasteiger partial charge in [0.15, 0.2) is 5.11 Å². The number of carbonyl (C=O) groups is 2. The number of para-hydroxylation sites is 1. The summed E-state index contributed by atoms with van der Waals surface area (Å²) in [4.78, 5) is 24.6. The van der Waals surface area contributed by atoms with Crippen LogP contribution in [0.15, 0.2) is 78.9 Å². The molecule has 7 heteroatoms. The van der Waals surface area contributed by atoms with Crippen molar-refractivity contribution >= 4 is 52.1 Å². The summed E-state index contributed by atoms with van der Waals surface area (Å²) >= 11 is 11.0. The molecule has 28 heavy (non-hydrogen) atoms. The number of thiocarbonyl (C=S) groups is 1. The summed E-state index contributed by atoms with van der Waals surface area (Å²) in [5.41, 5.74) is 2.18. The molecule has 140 valence electrons. The third-order valence-electron chi connectivity index (χ3n) is 3.75. The highest BCUT2D eigenvalue weighted by atomic mass is 35.5. The second kappa shape index (κ2) is 9.12. The normalized spacial score (nSPS) is 10.0. The van der Waals surface area contributed by atoms with Crippen molar-refractivity contribution < 1.29 is 9.59 Å². The third kappa shape index (κ3) is 5.39. The summed E-state index contributed by atoms with van der Waals surface area (Å²) in [6, 6.07) is 22.5. The van der Waals surface area contributed by atoms with E-state index >= 15 is 0 Å². The van der Waals surface area contributed by atoms with Crippen LogP contribution in [0.5, 0.6) is 0 Å². The predicted octanol–water partition coefficient (Wildman–Crippen LogP) is 4.72. The molecular formula is C21H16ClN3O2S. The van der Waals surface area contributed by atoms with Gasteiger partial charge in [-0.1, -0.05) is 35.9 Å². The molecule has 0 aliphatic carbocycles. The van der Waals surface area contributed by atoms with Crippen molar-refractivity contribution in [1.82, 2.24) is 5.32 Å². The molecule has 0 fully saturated rings. The van der Waals surface area contributed by atoms with Gasteiger partial charge in [-0.15, -0.1) is 0 Å². The van der Waals surface area contributed by atoms with Gasteiger partial charge in [-0.25, -0.2) is 0 Å². The van der Waals surface area contributed by atoms with E-state index in [1.807, 2.05) is 18.2 Å². The molecule has 0 aromatic heterocycles. The Bertz CT molecular complexity index is 1010. The zero-order valence-electron chi connectivity index (χ0n) is 14.6. The van der Waals surface area contributed by atoms with Crippen molar-refractivity contribution in [2.45, 2.75) is 0 Å². The fourth-order valence-electron chi connectivity index (χ4n) is 2.40. The molecule has 5 nitrogen and oxygen atoms in total. The molecule has 0 spiro atoms. The molecule has 0 atom stereocenters. The lowest BCUT2D eigenvalue weighted by Crippen LogP contribution is -2.34. The molecule has 0 radical (unpaired) electrons. The Labute approximate surface area is 172 Å². The summed E-state index contributed by atoms with van der Waals surface area (Å²) in [5.74, 6) is -0.599. The zero-order chi connectivity index (χ0) is 19.9. The molecule has 0 heterocycles. The first-order valence-corrected chi connectivity index (χ1v) is 9.14. The van der Waals surface area contributed by atoms with Crippen LogP contribution in [0.1, 0.15) is 20.7 Å². The summed E-state index contributed by atoms with van der Waals surface area (Å²) in [5, 5.41) is 8.98. The summed E-state index contributed by atoms with van der Waals surface area (Å²) in [7, 11) is 0. The average Bonchev–Trinajstić information content (AvgIpc) is 2.69. The van der Waals surface area contributed by atoms with E-state index in [9.17, 15) is 9.59 Å². The number of benzene rings is 3. The van der Waals surface area contributed by atoms with Crippen LogP contribution in [0, 0.1) is 0 Å². The Morgan fingerprint density at radius 3 is 2.11 bits per heavy atom. The molecule has 0 saturated heterocycles. The van der Waals surface area contributed by atoms with Gasteiger partial charge in [0.05, 0.1) is 0 Å². The quantitative estimate of drug-likeness (QED) is 0.545. The number of amides is 2. The van der Waals surface area contributed by atoms with E-state index in [1.165, 1.54) is 0 Å². The molecule has 0 bridgehead atoms. The van der Waals surface area contributed by atoms with Gasteiger partial charge in [0, 0.05) is 27.5 Å². The molecule has 0 aliphatic rings. The molecule has 3 N–H and O–H groups in total. The third-order valence-corrected chi connectivity index (χ3v) is 4.20. The van der Waals surface area contributed by atoms with E-state index in [0.717, 1.165) is 0 Å². The SMILES string of the molecule is O=C(NC(=S)Nc1cccc(C(=O)Nc2ccccc2)c1)c1ccc(Cl)cc1. The second-order valence-electron chi connectivity index (χ2n) is 5.82. The second-order valence-corrected chi connectivity index (χ2v) is 6.66. The highest BCUT2D eigenvalue weighted by molar-refractivity contribution is 7.80. The van der Waals surface area contributed by atoms with Gasteiger partial charge in [0.25, 0.3) is 11.8 Å². The van der Waals surface area contributed by atoms with Gasteiger partial charge in [0.2, 0.25) is 0 Å². The minimum absolute atomic E-state index is 0.126. The number of carbonyl (C=O) groups excluding carboxylic acids is 2. The van der Waals surface area contributed by atoms with Gasteiger partial charge >= 0.3 is 0 Å². The van der Waals surface area contributed by atoms with Crippen molar-refractivity contribution in [1.29, 1.82) is 0 Å². The van der Waals surface area contributed by atoms with E-state index in [1.54, 1.807) is 60.7 Å². The van der Waals surface area contributed by atoms with E-state index in [0.29, 0.717) is 27.5 Å². The van der Waals surface area contributed by atoms with Crippen LogP contribution in [-0.4, -0.2) is 16.9 Å². The first-order valence-electron chi connectivity index (χ1n) is 8.35. The Morgan fingerprint density at radius 1 is 0.714 bits per heavy atom. The first-order chi connectivity index (χ1) is 13.5. The van der Waals surface area contributed by atoms with Gasteiger partial charge in [-0.3, -0.25) is 14.9 Å². The number of nitrogens with one attached hydrogen (secondary N) is 3. The maximum Gasteiger partial charge on any atom is 0.257 e. The van der Waals surface area contributed by atoms with Crippen LogP contribution < -0.4 is 16.0 Å². The first kappa shape index (κ1) is 19.5. The lowest BCUT2D eigenvalue weighted by Gasteiger charge is -2.11. The van der Waals surface area contributed by atoms with Crippen LogP contribution in [0.25, 0.3) is 0 Å². The number of hydrogen-bond acceptors (Lipinski definition) is 3. The number of rotatable bonds is 4. The Hall–Kier alpha value is -3.22. The van der Waals surface area contributed by atoms with Crippen LogP contribution in [0.2, 0.25) is 5.02 Å². The Morgan fingerprint density at radius 2 is 1.39 bits per heavy atom. The maximum atomic E-state index is 12.4. The topological polar surface area (TPSA) is 70.2 Å². The van der Waals surface area contributed by atoms with E-state index in [4.69, 9.17) is 23.8 Å². The van der Waals surface area contributed by atoms with E-state index in [-0.39, 0.29) is 16.9 Å². The van der Waals surface area contributed by atoms with Crippen LogP contribution in [0.4, 0.5) is 11.4 Å². The highest BCUT2D eigenvalue weighted by Crippen LogP contribution is 2.14. The van der Waals surface area contributed by atoms with Crippen molar-refractivity contribution in [2.24, 2.45) is 0 Å². The lowest BCUT2D eigenvalue weighted by molar-refractivity contribution is 0.0976.